The SMILES string of the molecule is CC(C)C(N)CCN(C)CCn1cccn1. The summed E-state index contributed by atoms with van der Waals surface area (Å²) in [4.78, 5) is 2.31. The van der Waals surface area contributed by atoms with Crippen molar-refractivity contribution >= 4 is 0 Å². The maximum Gasteiger partial charge on any atom is 0.0536 e. The van der Waals surface area contributed by atoms with Crippen LogP contribution in [0.3, 0.4) is 0 Å². The fourth-order valence-corrected chi connectivity index (χ4v) is 1.52. The van der Waals surface area contributed by atoms with E-state index in [1.807, 2.05) is 23.1 Å². The van der Waals surface area contributed by atoms with E-state index >= 15 is 0 Å². The van der Waals surface area contributed by atoms with Crippen molar-refractivity contribution < 1.29 is 0 Å². The first-order valence-corrected chi connectivity index (χ1v) is 6.01. The molecule has 1 aromatic heterocycles. The highest BCUT2D eigenvalue weighted by atomic mass is 15.3. The molecule has 2 N–H and O–H groups in total. The number of aromatic nitrogens is 2. The van der Waals surface area contributed by atoms with Gasteiger partial charge in [-0.1, -0.05) is 13.8 Å². The molecule has 1 unspecified atom stereocenters. The molecular formula is C12H24N4. The molecule has 1 heterocycles. The fourth-order valence-electron chi connectivity index (χ4n) is 1.52. The minimum atomic E-state index is 0.312. The molecule has 0 saturated heterocycles. The molecule has 0 fully saturated rings. The Hall–Kier alpha value is -0.870. The summed E-state index contributed by atoms with van der Waals surface area (Å²) < 4.78 is 1.96. The molecule has 1 rings (SSSR count). The van der Waals surface area contributed by atoms with Gasteiger partial charge in [-0.25, -0.2) is 0 Å². The van der Waals surface area contributed by atoms with Gasteiger partial charge in [-0.3, -0.25) is 4.68 Å². The monoisotopic (exact) mass is 224 g/mol. The van der Waals surface area contributed by atoms with Crippen molar-refractivity contribution in [3.8, 4) is 0 Å². The largest absolute Gasteiger partial charge is 0.327 e. The maximum atomic E-state index is 6.01. The third-order valence-electron chi connectivity index (χ3n) is 2.97. The molecule has 16 heavy (non-hydrogen) atoms. The first-order chi connectivity index (χ1) is 7.59. The van der Waals surface area contributed by atoms with E-state index in [0.29, 0.717) is 12.0 Å². The van der Waals surface area contributed by atoms with Crippen LogP contribution in [0.1, 0.15) is 20.3 Å². The minimum absolute atomic E-state index is 0.312. The maximum absolute atomic E-state index is 6.01. The van der Waals surface area contributed by atoms with Gasteiger partial charge in [0.25, 0.3) is 0 Å². The van der Waals surface area contributed by atoms with Crippen LogP contribution in [0.25, 0.3) is 0 Å². The van der Waals surface area contributed by atoms with Gasteiger partial charge in [0.1, 0.15) is 0 Å². The summed E-state index contributed by atoms with van der Waals surface area (Å²) in [5.74, 6) is 0.569. The zero-order chi connectivity index (χ0) is 12.0. The molecular weight excluding hydrogens is 200 g/mol. The minimum Gasteiger partial charge on any atom is -0.327 e. The lowest BCUT2D eigenvalue weighted by molar-refractivity contribution is 0.287. The van der Waals surface area contributed by atoms with Crippen LogP contribution in [-0.4, -0.2) is 40.9 Å². The van der Waals surface area contributed by atoms with E-state index < -0.39 is 0 Å². The zero-order valence-corrected chi connectivity index (χ0v) is 10.6. The van der Waals surface area contributed by atoms with Gasteiger partial charge in [0.15, 0.2) is 0 Å². The fraction of sp³-hybridized carbons (Fsp3) is 0.750. The predicted octanol–water partition coefficient (Wildman–Crippen LogP) is 1.19. The van der Waals surface area contributed by atoms with Crippen LogP contribution >= 0.6 is 0 Å². The summed E-state index contributed by atoms with van der Waals surface area (Å²) in [6, 6.07) is 2.27. The second-order valence-electron chi connectivity index (χ2n) is 4.77. The molecule has 0 aliphatic carbocycles. The summed E-state index contributed by atoms with van der Waals surface area (Å²) in [7, 11) is 2.14. The van der Waals surface area contributed by atoms with E-state index in [0.717, 1.165) is 26.1 Å². The summed E-state index contributed by atoms with van der Waals surface area (Å²) in [5, 5.41) is 4.18. The molecule has 92 valence electrons. The second kappa shape index (κ2) is 6.66. The molecule has 0 aliphatic heterocycles. The van der Waals surface area contributed by atoms with Gasteiger partial charge in [0.05, 0.1) is 6.54 Å². The highest BCUT2D eigenvalue weighted by Gasteiger charge is 2.08. The summed E-state index contributed by atoms with van der Waals surface area (Å²) in [6.07, 6.45) is 4.87. The Bertz CT molecular complexity index is 269. The highest BCUT2D eigenvalue weighted by molar-refractivity contribution is 4.77. The van der Waals surface area contributed by atoms with Gasteiger partial charge in [-0.2, -0.15) is 5.10 Å². The molecule has 1 aromatic rings. The first-order valence-electron chi connectivity index (χ1n) is 6.01. The second-order valence-corrected chi connectivity index (χ2v) is 4.77. The number of hydrogen-bond acceptors (Lipinski definition) is 3. The van der Waals surface area contributed by atoms with Crippen LogP contribution < -0.4 is 5.73 Å². The Labute approximate surface area is 98.4 Å². The van der Waals surface area contributed by atoms with Crippen molar-refractivity contribution in [1.82, 2.24) is 14.7 Å². The van der Waals surface area contributed by atoms with E-state index in [1.54, 1.807) is 0 Å². The molecule has 4 nitrogen and oxygen atoms in total. The number of nitrogens with zero attached hydrogens (tertiary/aromatic N) is 3. The van der Waals surface area contributed by atoms with Gasteiger partial charge >= 0.3 is 0 Å². The van der Waals surface area contributed by atoms with E-state index in [-0.39, 0.29) is 0 Å². The lowest BCUT2D eigenvalue weighted by Gasteiger charge is -2.21. The van der Waals surface area contributed by atoms with Crippen LogP contribution in [0, 0.1) is 5.92 Å². The van der Waals surface area contributed by atoms with E-state index in [1.165, 1.54) is 0 Å². The Morgan fingerprint density at radius 3 is 2.69 bits per heavy atom. The third kappa shape index (κ3) is 4.77. The molecule has 0 saturated carbocycles. The van der Waals surface area contributed by atoms with Crippen molar-refractivity contribution in [3.63, 3.8) is 0 Å². The van der Waals surface area contributed by atoms with Crippen LogP contribution in [0.2, 0.25) is 0 Å². The van der Waals surface area contributed by atoms with Crippen LogP contribution in [0.15, 0.2) is 18.5 Å². The zero-order valence-electron chi connectivity index (χ0n) is 10.6. The van der Waals surface area contributed by atoms with Gasteiger partial charge in [-0.15, -0.1) is 0 Å². The van der Waals surface area contributed by atoms with Crippen LogP contribution in [0.4, 0.5) is 0 Å². The van der Waals surface area contributed by atoms with Gasteiger partial charge < -0.3 is 10.6 Å². The summed E-state index contributed by atoms with van der Waals surface area (Å²) in [5.41, 5.74) is 6.01. The van der Waals surface area contributed by atoms with Crippen LogP contribution in [-0.2, 0) is 6.54 Å². The Morgan fingerprint density at radius 1 is 1.38 bits per heavy atom. The molecule has 0 aromatic carbocycles. The quantitative estimate of drug-likeness (QED) is 0.757. The number of nitrogens with two attached hydrogens (primary N) is 1. The standard InChI is InChI=1S/C12H24N4/c1-11(2)12(13)5-8-15(3)9-10-16-7-4-6-14-16/h4,6-7,11-12H,5,8-10,13H2,1-3H3. The van der Waals surface area contributed by atoms with Crippen molar-refractivity contribution in [3.05, 3.63) is 18.5 Å². The van der Waals surface area contributed by atoms with Crippen molar-refractivity contribution in [2.45, 2.75) is 32.9 Å². The number of hydrogen-bond donors (Lipinski definition) is 1. The van der Waals surface area contributed by atoms with Crippen LogP contribution in [0.5, 0.6) is 0 Å². The Kier molecular flexibility index (Phi) is 5.49. The molecule has 0 bridgehead atoms. The molecule has 0 aliphatic rings. The average Bonchev–Trinajstić information content (AvgIpc) is 2.75. The Balaban J connectivity index is 2.13. The van der Waals surface area contributed by atoms with E-state index in [9.17, 15) is 0 Å². The van der Waals surface area contributed by atoms with Crippen molar-refractivity contribution in [2.24, 2.45) is 11.7 Å². The lowest BCUT2D eigenvalue weighted by Crippen LogP contribution is -2.33. The van der Waals surface area contributed by atoms with E-state index in [4.69, 9.17) is 5.73 Å². The molecule has 0 radical (unpaired) electrons. The lowest BCUT2D eigenvalue weighted by atomic mass is 10.0. The van der Waals surface area contributed by atoms with Crippen molar-refractivity contribution in [2.75, 3.05) is 20.1 Å². The number of rotatable bonds is 7. The predicted molar refractivity (Wildman–Crippen MR) is 67.2 cm³/mol. The third-order valence-corrected chi connectivity index (χ3v) is 2.97. The Morgan fingerprint density at radius 2 is 2.12 bits per heavy atom. The average molecular weight is 224 g/mol. The molecule has 0 spiro atoms. The molecule has 1 atom stereocenters. The normalized spacial score (nSPS) is 13.6. The van der Waals surface area contributed by atoms with Gasteiger partial charge in [0.2, 0.25) is 0 Å². The topological polar surface area (TPSA) is 47.1 Å². The van der Waals surface area contributed by atoms with E-state index in [2.05, 4.69) is 30.9 Å². The summed E-state index contributed by atoms with van der Waals surface area (Å²) in [6.45, 7) is 7.37. The summed E-state index contributed by atoms with van der Waals surface area (Å²) >= 11 is 0. The van der Waals surface area contributed by atoms with Gasteiger partial charge in [-0.05, 0) is 32.0 Å². The number of likely N-dealkylation sites (N-methyl/N-ethyl adjacent to an activating group) is 1. The smallest absolute Gasteiger partial charge is 0.0536 e. The molecule has 4 heteroatoms. The molecule has 0 amide bonds. The highest BCUT2D eigenvalue weighted by Crippen LogP contribution is 2.03. The van der Waals surface area contributed by atoms with Crippen molar-refractivity contribution in [1.29, 1.82) is 0 Å². The van der Waals surface area contributed by atoms with Gasteiger partial charge in [0, 0.05) is 25.0 Å². The first kappa shape index (κ1) is 13.2.